The van der Waals surface area contributed by atoms with Crippen molar-refractivity contribution < 1.29 is 23.2 Å². The van der Waals surface area contributed by atoms with Crippen molar-refractivity contribution in [2.45, 2.75) is 6.61 Å². The molecule has 0 bridgehead atoms. The Morgan fingerprint density at radius 3 is 2.44 bits per heavy atom. The second kappa shape index (κ2) is 7.98. The molecule has 0 atom stereocenters. The molecule has 1 heterocycles. The van der Waals surface area contributed by atoms with Gasteiger partial charge < -0.3 is 14.5 Å². The molecule has 0 saturated carbocycles. The Morgan fingerprint density at radius 2 is 1.78 bits per heavy atom. The van der Waals surface area contributed by atoms with Gasteiger partial charge in [-0.05, 0) is 24.3 Å². The number of hydrogen-bond acceptors (Lipinski definition) is 5. The highest BCUT2D eigenvalue weighted by molar-refractivity contribution is 5.94. The molecule has 2 aromatic carbocycles. The van der Waals surface area contributed by atoms with E-state index in [1.807, 2.05) is 4.90 Å². The Balaban J connectivity index is 1.64. The smallest absolute Gasteiger partial charge is 0.387 e. The number of benzene rings is 2. The van der Waals surface area contributed by atoms with Gasteiger partial charge in [0, 0.05) is 49.6 Å². The summed E-state index contributed by atoms with van der Waals surface area (Å²) in [6, 6.07) is 12.0. The molecule has 1 aliphatic rings. The Morgan fingerprint density at radius 1 is 1.07 bits per heavy atom. The van der Waals surface area contributed by atoms with Gasteiger partial charge in [0.15, 0.2) is 0 Å². The molecule has 0 aromatic heterocycles. The maximum Gasteiger partial charge on any atom is 0.387 e. The van der Waals surface area contributed by atoms with Crippen molar-refractivity contribution in [3.63, 3.8) is 0 Å². The second-order valence-electron chi connectivity index (χ2n) is 5.96. The maximum absolute atomic E-state index is 12.6. The number of amides is 1. The number of alkyl halides is 2. The molecule has 1 fully saturated rings. The number of nitro benzene ring substituents is 1. The molecule has 27 heavy (non-hydrogen) atoms. The zero-order valence-electron chi connectivity index (χ0n) is 14.3. The predicted molar refractivity (Wildman–Crippen MR) is 94.3 cm³/mol. The number of nitro groups is 1. The Hall–Kier alpha value is -3.23. The highest BCUT2D eigenvalue weighted by atomic mass is 19.3. The largest absolute Gasteiger partial charge is 0.435 e. The average Bonchev–Trinajstić information content (AvgIpc) is 2.67. The van der Waals surface area contributed by atoms with Crippen LogP contribution < -0.4 is 9.64 Å². The van der Waals surface area contributed by atoms with Crippen LogP contribution in [0.3, 0.4) is 0 Å². The number of hydrogen-bond donors (Lipinski definition) is 0. The molecular weight excluding hydrogens is 360 g/mol. The van der Waals surface area contributed by atoms with Gasteiger partial charge in [-0.2, -0.15) is 8.78 Å². The Kier molecular flexibility index (Phi) is 5.49. The van der Waals surface area contributed by atoms with Crippen LogP contribution in [-0.4, -0.2) is 48.5 Å². The molecule has 1 aliphatic heterocycles. The lowest BCUT2D eigenvalue weighted by atomic mass is 10.1. The monoisotopic (exact) mass is 377 g/mol. The van der Waals surface area contributed by atoms with E-state index >= 15 is 0 Å². The number of rotatable bonds is 5. The summed E-state index contributed by atoms with van der Waals surface area (Å²) < 4.78 is 29.0. The fraction of sp³-hybridized carbons (Fsp3) is 0.278. The third-order valence-corrected chi connectivity index (χ3v) is 4.28. The molecule has 1 amide bonds. The molecule has 0 spiro atoms. The first-order valence-electron chi connectivity index (χ1n) is 8.27. The third kappa shape index (κ3) is 4.49. The van der Waals surface area contributed by atoms with Gasteiger partial charge in [0.05, 0.1) is 4.92 Å². The minimum Gasteiger partial charge on any atom is -0.435 e. The van der Waals surface area contributed by atoms with Crippen LogP contribution in [0.25, 0.3) is 0 Å². The molecule has 9 heteroatoms. The van der Waals surface area contributed by atoms with E-state index in [0.29, 0.717) is 26.2 Å². The van der Waals surface area contributed by atoms with Gasteiger partial charge in [0.25, 0.3) is 11.6 Å². The summed E-state index contributed by atoms with van der Waals surface area (Å²) >= 11 is 0. The van der Waals surface area contributed by atoms with Crippen LogP contribution in [0.15, 0.2) is 48.5 Å². The molecule has 7 nitrogen and oxygen atoms in total. The summed E-state index contributed by atoms with van der Waals surface area (Å²) in [6.45, 7) is -1.09. The van der Waals surface area contributed by atoms with Crippen LogP contribution in [0.2, 0.25) is 0 Å². The minimum atomic E-state index is -2.95. The summed E-state index contributed by atoms with van der Waals surface area (Å²) in [5.74, 6) is -0.334. The molecule has 1 saturated heterocycles. The van der Waals surface area contributed by atoms with E-state index in [0.717, 1.165) is 5.69 Å². The topological polar surface area (TPSA) is 75.9 Å². The van der Waals surface area contributed by atoms with Crippen molar-refractivity contribution in [2.75, 3.05) is 31.1 Å². The molecule has 0 N–H and O–H groups in total. The predicted octanol–water partition coefficient (Wildman–Crippen LogP) is 3.16. The number of carbonyl (C=O) groups is 1. The number of nitrogens with zero attached hydrogens (tertiary/aromatic N) is 3. The highest BCUT2D eigenvalue weighted by Gasteiger charge is 2.23. The van der Waals surface area contributed by atoms with Gasteiger partial charge in [-0.15, -0.1) is 0 Å². The maximum atomic E-state index is 12.6. The quantitative estimate of drug-likeness (QED) is 0.591. The van der Waals surface area contributed by atoms with Crippen molar-refractivity contribution in [2.24, 2.45) is 0 Å². The van der Waals surface area contributed by atoms with Gasteiger partial charge in [-0.1, -0.05) is 12.1 Å². The third-order valence-electron chi connectivity index (χ3n) is 4.28. The molecule has 0 radical (unpaired) electrons. The van der Waals surface area contributed by atoms with Crippen LogP contribution >= 0.6 is 0 Å². The summed E-state index contributed by atoms with van der Waals surface area (Å²) in [5.41, 5.74) is 1.02. The van der Waals surface area contributed by atoms with E-state index < -0.39 is 11.5 Å². The van der Waals surface area contributed by atoms with E-state index in [2.05, 4.69) is 4.74 Å². The molecule has 0 unspecified atom stereocenters. The van der Waals surface area contributed by atoms with Crippen LogP contribution in [-0.2, 0) is 0 Å². The lowest BCUT2D eigenvalue weighted by Crippen LogP contribution is -2.48. The molecular formula is C18H17F2N3O4. The first-order chi connectivity index (χ1) is 12.9. The van der Waals surface area contributed by atoms with Gasteiger partial charge in [0.2, 0.25) is 0 Å². The minimum absolute atomic E-state index is 0.0156. The lowest BCUT2D eigenvalue weighted by Gasteiger charge is -2.36. The van der Waals surface area contributed by atoms with Gasteiger partial charge in [0.1, 0.15) is 5.75 Å². The zero-order valence-corrected chi connectivity index (χ0v) is 14.3. The highest BCUT2D eigenvalue weighted by Crippen LogP contribution is 2.23. The van der Waals surface area contributed by atoms with E-state index in [1.54, 1.807) is 23.1 Å². The summed E-state index contributed by atoms with van der Waals surface area (Å²) in [6.07, 6.45) is 0. The Labute approximate surface area is 153 Å². The SMILES string of the molecule is O=C(c1cccc(OC(F)F)c1)N1CCN(c2cccc([N+](=O)[O-])c2)CC1. The number of ether oxygens (including phenoxy) is 1. The van der Waals surface area contributed by atoms with E-state index in [4.69, 9.17) is 0 Å². The zero-order chi connectivity index (χ0) is 19.4. The van der Waals surface area contributed by atoms with E-state index in [1.165, 1.54) is 30.3 Å². The van der Waals surface area contributed by atoms with Crippen LogP contribution in [0, 0.1) is 10.1 Å². The fourth-order valence-corrected chi connectivity index (χ4v) is 2.96. The molecule has 2 aromatic rings. The molecule has 3 rings (SSSR count). The average molecular weight is 377 g/mol. The van der Waals surface area contributed by atoms with Gasteiger partial charge >= 0.3 is 6.61 Å². The first kappa shape index (κ1) is 18.6. The van der Waals surface area contributed by atoms with Crippen molar-refractivity contribution in [1.29, 1.82) is 0 Å². The fourth-order valence-electron chi connectivity index (χ4n) is 2.96. The van der Waals surface area contributed by atoms with E-state index in [-0.39, 0.29) is 22.9 Å². The Bertz CT molecular complexity index is 839. The normalized spacial score (nSPS) is 14.3. The van der Waals surface area contributed by atoms with E-state index in [9.17, 15) is 23.7 Å². The number of halogens is 2. The summed E-state index contributed by atoms with van der Waals surface area (Å²) in [4.78, 5) is 26.6. The van der Waals surface area contributed by atoms with Crippen molar-refractivity contribution in [3.05, 3.63) is 64.2 Å². The molecule has 0 aliphatic carbocycles. The number of carbonyl (C=O) groups excluding carboxylic acids is 1. The summed E-state index contributed by atoms with van der Waals surface area (Å²) in [7, 11) is 0. The lowest BCUT2D eigenvalue weighted by molar-refractivity contribution is -0.384. The molecule has 142 valence electrons. The van der Waals surface area contributed by atoms with Crippen molar-refractivity contribution >= 4 is 17.3 Å². The first-order valence-corrected chi connectivity index (χ1v) is 8.27. The number of anilines is 1. The number of non-ortho nitro benzene ring substituents is 1. The van der Waals surface area contributed by atoms with Crippen LogP contribution in [0.1, 0.15) is 10.4 Å². The standard InChI is InChI=1S/C18H17F2N3O4/c19-18(20)27-16-6-1-3-13(11-16)17(24)22-9-7-21(8-10-22)14-4-2-5-15(12-14)23(25)26/h1-6,11-12,18H,7-10H2. The second-order valence-corrected chi connectivity index (χ2v) is 5.96. The van der Waals surface area contributed by atoms with Gasteiger partial charge in [-0.25, -0.2) is 0 Å². The summed E-state index contributed by atoms with van der Waals surface area (Å²) in [5, 5.41) is 10.9. The van der Waals surface area contributed by atoms with Crippen molar-refractivity contribution in [1.82, 2.24) is 4.90 Å². The van der Waals surface area contributed by atoms with Crippen LogP contribution in [0.4, 0.5) is 20.2 Å². The number of piperazine rings is 1. The van der Waals surface area contributed by atoms with Crippen molar-refractivity contribution in [3.8, 4) is 5.75 Å². The van der Waals surface area contributed by atoms with Crippen LogP contribution in [0.5, 0.6) is 5.75 Å². The van der Waals surface area contributed by atoms with Gasteiger partial charge in [-0.3, -0.25) is 14.9 Å².